The largest absolute Gasteiger partial charge is 0.490 e. The van der Waals surface area contributed by atoms with Crippen LogP contribution in [0.2, 0.25) is 0 Å². The van der Waals surface area contributed by atoms with Crippen molar-refractivity contribution in [2.24, 2.45) is 0 Å². The molecular formula is C15H22F3NO6. The molecule has 0 N–H and O–H groups in total. The van der Waals surface area contributed by atoms with Gasteiger partial charge in [0.05, 0.1) is 6.61 Å². The van der Waals surface area contributed by atoms with Gasteiger partial charge in [-0.15, -0.1) is 0 Å². The fourth-order valence-corrected chi connectivity index (χ4v) is 2.26. The topological polar surface area (TPSA) is 82.1 Å². The lowest BCUT2D eigenvalue weighted by Gasteiger charge is -2.38. The van der Waals surface area contributed by atoms with Gasteiger partial charge in [-0.3, -0.25) is 4.90 Å². The smallest absolute Gasteiger partial charge is 0.464 e. The maximum atomic E-state index is 12.3. The first-order chi connectivity index (χ1) is 11.3. The maximum absolute atomic E-state index is 12.3. The fourth-order valence-electron chi connectivity index (χ4n) is 2.26. The molecule has 0 radical (unpaired) electrons. The first-order valence-corrected chi connectivity index (χ1v) is 7.79. The summed E-state index contributed by atoms with van der Waals surface area (Å²) >= 11 is 0. The van der Waals surface area contributed by atoms with E-state index in [4.69, 9.17) is 9.47 Å². The molecule has 0 bridgehead atoms. The summed E-state index contributed by atoms with van der Waals surface area (Å²) in [5.74, 6) is -3.12. The summed E-state index contributed by atoms with van der Waals surface area (Å²) in [6, 6.07) is -1.19. The predicted molar refractivity (Wildman–Crippen MR) is 78.5 cm³/mol. The highest BCUT2D eigenvalue weighted by atomic mass is 19.4. The number of carbonyl (C=O) groups is 3. The van der Waals surface area contributed by atoms with Gasteiger partial charge in [-0.1, -0.05) is 0 Å². The van der Waals surface area contributed by atoms with Crippen molar-refractivity contribution < 1.29 is 41.8 Å². The predicted octanol–water partition coefficient (Wildman–Crippen LogP) is 2.42. The molecule has 1 heterocycles. The van der Waals surface area contributed by atoms with Gasteiger partial charge in [-0.25, -0.2) is 14.4 Å². The van der Waals surface area contributed by atoms with Crippen LogP contribution in [-0.4, -0.2) is 60.0 Å². The highest BCUT2D eigenvalue weighted by Crippen LogP contribution is 2.26. The summed E-state index contributed by atoms with van der Waals surface area (Å²) < 4.78 is 51.4. The fraction of sp³-hybridized carbons (Fsp3) is 0.800. The van der Waals surface area contributed by atoms with Crippen molar-refractivity contribution in [3.63, 3.8) is 0 Å². The zero-order valence-electron chi connectivity index (χ0n) is 14.5. The SMILES string of the molecule is CCOC(=O)C1CC(OC(=O)C(F)(F)F)CCN1C(=O)OC(C)(C)C. The quantitative estimate of drug-likeness (QED) is 0.561. The van der Waals surface area contributed by atoms with Gasteiger partial charge in [-0.05, 0) is 27.7 Å². The molecule has 144 valence electrons. The first-order valence-electron chi connectivity index (χ1n) is 7.79. The molecule has 1 rings (SSSR count). The molecule has 1 amide bonds. The minimum Gasteiger partial charge on any atom is -0.464 e. The number of nitrogens with zero attached hydrogens (tertiary/aromatic N) is 1. The van der Waals surface area contributed by atoms with Crippen molar-refractivity contribution in [2.75, 3.05) is 13.2 Å². The summed E-state index contributed by atoms with van der Waals surface area (Å²) in [5, 5.41) is 0. The Kier molecular flexibility index (Phi) is 6.67. The Bertz CT molecular complexity index is 514. The molecule has 25 heavy (non-hydrogen) atoms. The van der Waals surface area contributed by atoms with Gasteiger partial charge in [0.2, 0.25) is 0 Å². The van der Waals surface area contributed by atoms with Gasteiger partial charge < -0.3 is 14.2 Å². The zero-order valence-corrected chi connectivity index (χ0v) is 14.5. The summed E-state index contributed by atoms with van der Waals surface area (Å²) in [7, 11) is 0. The third-order valence-corrected chi connectivity index (χ3v) is 3.25. The van der Waals surface area contributed by atoms with Gasteiger partial charge in [0.1, 0.15) is 17.7 Å². The summed E-state index contributed by atoms with van der Waals surface area (Å²) in [5.41, 5.74) is -0.810. The molecule has 1 aliphatic heterocycles. The zero-order chi connectivity index (χ0) is 19.4. The van der Waals surface area contributed by atoms with Crippen molar-refractivity contribution in [2.45, 2.75) is 64.5 Å². The van der Waals surface area contributed by atoms with Gasteiger partial charge in [0.25, 0.3) is 0 Å². The van der Waals surface area contributed by atoms with E-state index in [1.54, 1.807) is 27.7 Å². The third-order valence-electron chi connectivity index (χ3n) is 3.25. The average molecular weight is 369 g/mol. The van der Waals surface area contributed by atoms with Crippen LogP contribution in [0.15, 0.2) is 0 Å². The van der Waals surface area contributed by atoms with Crippen molar-refractivity contribution in [1.82, 2.24) is 4.90 Å². The van der Waals surface area contributed by atoms with Crippen LogP contribution in [-0.2, 0) is 23.8 Å². The van der Waals surface area contributed by atoms with Crippen molar-refractivity contribution >= 4 is 18.0 Å². The highest BCUT2D eigenvalue weighted by Gasteiger charge is 2.45. The summed E-state index contributed by atoms with van der Waals surface area (Å²) in [6.45, 7) is 6.41. The van der Waals surface area contributed by atoms with E-state index in [0.29, 0.717) is 0 Å². The number of halogens is 3. The van der Waals surface area contributed by atoms with Crippen molar-refractivity contribution in [1.29, 1.82) is 0 Å². The highest BCUT2D eigenvalue weighted by molar-refractivity contribution is 5.82. The Morgan fingerprint density at radius 3 is 2.24 bits per heavy atom. The number of alkyl halides is 3. The minimum absolute atomic E-state index is 0.0322. The van der Waals surface area contributed by atoms with Crippen LogP contribution in [0.25, 0.3) is 0 Å². The standard InChI is InChI=1S/C15H22F3NO6/c1-5-23-11(20)10-8-9(24-12(21)15(16,17)18)6-7-19(10)13(22)25-14(2,3)4/h9-10H,5-8H2,1-4H3. The molecule has 1 fully saturated rings. The molecule has 0 saturated carbocycles. The minimum atomic E-state index is -5.12. The molecule has 0 spiro atoms. The van der Waals surface area contributed by atoms with Crippen LogP contribution in [0, 0.1) is 0 Å². The Morgan fingerprint density at radius 1 is 1.16 bits per heavy atom. The van der Waals surface area contributed by atoms with Crippen LogP contribution >= 0.6 is 0 Å². The normalized spacial score (nSPS) is 21.5. The Labute approximate surface area is 143 Å². The molecule has 1 aliphatic rings. The number of esters is 2. The summed E-state index contributed by atoms with van der Waals surface area (Å²) in [6.07, 6.45) is -7.40. The maximum Gasteiger partial charge on any atom is 0.490 e. The van der Waals surface area contributed by atoms with Gasteiger partial charge in [0.15, 0.2) is 0 Å². The number of piperidine rings is 1. The average Bonchev–Trinajstić information content (AvgIpc) is 2.44. The first kappa shape index (κ1) is 21.0. The van der Waals surface area contributed by atoms with Crippen molar-refractivity contribution in [3.8, 4) is 0 Å². The lowest BCUT2D eigenvalue weighted by Crippen LogP contribution is -2.54. The monoisotopic (exact) mass is 369 g/mol. The molecule has 0 aliphatic carbocycles. The van der Waals surface area contributed by atoms with E-state index in [9.17, 15) is 27.6 Å². The van der Waals surface area contributed by atoms with Crippen molar-refractivity contribution in [3.05, 3.63) is 0 Å². The molecular weight excluding hydrogens is 347 g/mol. The Hall–Kier alpha value is -2.00. The third kappa shape index (κ3) is 6.43. The number of likely N-dealkylation sites (tertiary alicyclic amines) is 1. The molecule has 2 atom stereocenters. The number of hydrogen-bond acceptors (Lipinski definition) is 6. The van der Waals surface area contributed by atoms with E-state index in [1.165, 1.54) is 0 Å². The van der Waals surface area contributed by atoms with Gasteiger partial charge in [0, 0.05) is 19.4 Å². The van der Waals surface area contributed by atoms with E-state index in [2.05, 4.69) is 4.74 Å². The van der Waals surface area contributed by atoms with E-state index in [0.717, 1.165) is 4.90 Å². The molecule has 2 unspecified atom stereocenters. The second-order valence-corrected chi connectivity index (χ2v) is 6.49. The lowest BCUT2D eigenvalue weighted by atomic mass is 9.99. The molecule has 1 saturated heterocycles. The van der Waals surface area contributed by atoms with Gasteiger partial charge >= 0.3 is 24.2 Å². The van der Waals surface area contributed by atoms with Crippen LogP contribution in [0.5, 0.6) is 0 Å². The van der Waals surface area contributed by atoms with Crippen LogP contribution in [0.1, 0.15) is 40.5 Å². The number of amides is 1. The van der Waals surface area contributed by atoms with Crippen LogP contribution in [0.4, 0.5) is 18.0 Å². The van der Waals surface area contributed by atoms with E-state index < -0.39 is 42.0 Å². The molecule has 0 aromatic rings. The molecule has 10 heteroatoms. The lowest BCUT2D eigenvalue weighted by molar-refractivity contribution is -0.207. The Balaban J connectivity index is 2.87. The van der Waals surface area contributed by atoms with Crippen LogP contribution < -0.4 is 0 Å². The van der Waals surface area contributed by atoms with E-state index in [-0.39, 0.29) is 26.0 Å². The van der Waals surface area contributed by atoms with Gasteiger partial charge in [-0.2, -0.15) is 13.2 Å². The van der Waals surface area contributed by atoms with E-state index in [1.807, 2.05) is 0 Å². The second kappa shape index (κ2) is 7.92. The number of hydrogen-bond donors (Lipinski definition) is 0. The number of rotatable bonds is 3. The Morgan fingerprint density at radius 2 is 1.76 bits per heavy atom. The molecule has 0 aromatic carbocycles. The second-order valence-electron chi connectivity index (χ2n) is 6.49. The summed E-state index contributed by atoms with van der Waals surface area (Å²) in [4.78, 5) is 36.4. The molecule has 7 nitrogen and oxygen atoms in total. The molecule has 0 aromatic heterocycles. The number of carbonyl (C=O) groups excluding carboxylic acids is 3. The van der Waals surface area contributed by atoms with E-state index >= 15 is 0 Å². The number of ether oxygens (including phenoxy) is 3. The van der Waals surface area contributed by atoms with Crippen LogP contribution in [0.3, 0.4) is 0 Å².